The Balaban J connectivity index is 0.000000188. The molecule has 0 spiro atoms. The van der Waals surface area contributed by atoms with E-state index in [4.69, 9.17) is 14.6 Å². The van der Waals surface area contributed by atoms with Crippen LogP contribution in [0, 0.1) is 23.7 Å². The van der Waals surface area contributed by atoms with E-state index in [9.17, 15) is 15.3 Å². The lowest BCUT2D eigenvalue weighted by molar-refractivity contribution is -0.298. The fourth-order valence-electron chi connectivity index (χ4n) is 5.08. The average Bonchev–Trinajstić information content (AvgIpc) is 3.53. The highest BCUT2D eigenvalue weighted by Gasteiger charge is 2.44. The number of hydrogen-bond donors (Lipinski definition) is 4. The van der Waals surface area contributed by atoms with Gasteiger partial charge in [-0.2, -0.15) is 0 Å². The number of allylic oxidation sites excluding steroid dienone is 4. The van der Waals surface area contributed by atoms with Gasteiger partial charge in [0.2, 0.25) is 0 Å². The molecule has 6 heteroatoms. The Morgan fingerprint density at radius 2 is 1.74 bits per heavy atom. The summed E-state index contributed by atoms with van der Waals surface area (Å²) in [5.41, 5.74) is 1.01. The molecule has 0 radical (unpaired) electrons. The van der Waals surface area contributed by atoms with Crippen LogP contribution in [0.1, 0.15) is 18.4 Å². The number of aliphatic hydroxyl groups excluding tert-OH is 4. The first-order valence-electron chi connectivity index (χ1n) is 11.1. The van der Waals surface area contributed by atoms with E-state index in [0.717, 1.165) is 29.2 Å². The minimum atomic E-state index is -1.42. The topological polar surface area (TPSA) is 99.4 Å². The van der Waals surface area contributed by atoms with Gasteiger partial charge in [-0.3, -0.25) is 0 Å². The smallest absolute Gasteiger partial charge is 0.187 e. The summed E-state index contributed by atoms with van der Waals surface area (Å²) in [4.78, 5) is 0. The maximum absolute atomic E-state index is 9.77. The molecule has 0 amide bonds. The molecule has 4 aliphatic rings. The van der Waals surface area contributed by atoms with Crippen molar-refractivity contribution in [1.82, 2.24) is 0 Å². The molecule has 31 heavy (non-hydrogen) atoms. The molecular weight excluding hydrogens is 396 g/mol. The van der Waals surface area contributed by atoms with E-state index in [0.29, 0.717) is 0 Å². The van der Waals surface area contributed by atoms with E-state index < -0.39 is 37.3 Å². The first kappa shape index (κ1) is 22.4. The van der Waals surface area contributed by atoms with Gasteiger partial charge in [0.15, 0.2) is 6.29 Å². The quantitative estimate of drug-likeness (QED) is 0.535. The van der Waals surface area contributed by atoms with Gasteiger partial charge in [0.25, 0.3) is 0 Å². The molecule has 5 rings (SSSR count). The second kappa shape index (κ2) is 10.2. The molecule has 3 aliphatic carbocycles. The Kier molecular flexibility index (Phi) is 7.38. The maximum atomic E-state index is 9.77. The third-order valence-electron chi connectivity index (χ3n) is 6.77. The lowest BCUT2D eigenvalue weighted by Crippen LogP contribution is -2.59. The summed E-state index contributed by atoms with van der Waals surface area (Å²) < 4.78 is 10.5. The molecule has 168 valence electrons. The van der Waals surface area contributed by atoms with Crippen molar-refractivity contribution in [2.75, 3.05) is 13.2 Å². The number of hydrogen-bond acceptors (Lipinski definition) is 6. The van der Waals surface area contributed by atoms with Crippen molar-refractivity contribution in [3.8, 4) is 0 Å². The van der Waals surface area contributed by atoms with Crippen LogP contribution in [0.15, 0.2) is 60.7 Å². The molecule has 4 unspecified atom stereocenters. The highest BCUT2D eigenvalue weighted by molar-refractivity contribution is 5.48. The molecular formula is C25H32O6. The molecule has 1 aliphatic heterocycles. The summed E-state index contributed by atoms with van der Waals surface area (Å²) in [6.45, 7) is -0.303. The Hall–Kier alpha value is -1.80. The van der Waals surface area contributed by atoms with E-state index in [-0.39, 0.29) is 6.61 Å². The molecule has 2 bridgehead atoms. The molecule has 1 saturated heterocycles. The number of benzene rings is 1. The van der Waals surface area contributed by atoms with Crippen LogP contribution >= 0.6 is 0 Å². The minimum absolute atomic E-state index is 0.164. The van der Waals surface area contributed by atoms with Gasteiger partial charge < -0.3 is 29.9 Å². The van der Waals surface area contributed by atoms with Crippen LogP contribution in [0.5, 0.6) is 0 Å². The molecule has 0 aromatic heterocycles. The Morgan fingerprint density at radius 3 is 2.48 bits per heavy atom. The van der Waals surface area contributed by atoms with E-state index in [1.807, 2.05) is 36.4 Å². The Labute approximate surface area is 183 Å². The fraction of sp³-hybridized carbons (Fsp3) is 0.520. The molecule has 2 fully saturated rings. The summed E-state index contributed by atoms with van der Waals surface area (Å²) in [6, 6.07) is 9.62. The third kappa shape index (κ3) is 5.00. The molecule has 1 aromatic rings. The minimum Gasteiger partial charge on any atom is -0.394 e. The SMILES string of the molecule is C1=CC2C3C=CC(C3)C2C1.OC[C@H]1O[C@@H](OC/C=C/c2ccccc2)[C@H](O)[C@@H](O)[C@@H]1O. The molecule has 9 atom stereocenters. The van der Waals surface area contributed by atoms with E-state index in [2.05, 4.69) is 24.3 Å². The van der Waals surface area contributed by atoms with Gasteiger partial charge in [-0.05, 0) is 42.1 Å². The monoisotopic (exact) mass is 428 g/mol. The summed E-state index contributed by atoms with van der Waals surface area (Å²) >= 11 is 0. The zero-order valence-electron chi connectivity index (χ0n) is 17.5. The molecule has 1 aromatic carbocycles. The van der Waals surface area contributed by atoms with Crippen LogP contribution in [0.4, 0.5) is 0 Å². The molecule has 6 nitrogen and oxygen atoms in total. The van der Waals surface area contributed by atoms with Crippen LogP contribution in [-0.4, -0.2) is 64.3 Å². The third-order valence-corrected chi connectivity index (χ3v) is 6.77. The van der Waals surface area contributed by atoms with Gasteiger partial charge in [-0.1, -0.05) is 66.8 Å². The van der Waals surface area contributed by atoms with Crippen molar-refractivity contribution in [2.45, 2.75) is 43.5 Å². The fourth-order valence-corrected chi connectivity index (χ4v) is 5.08. The van der Waals surface area contributed by atoms with Crippen LogP contribution in [0.25, 0.3) is 6.08 Å². The largest absolute Gasteiger partial charge is 0.394 e. The first-order valence-corrected chi connectivity index (χ1v) is 11.1. The van der Waals surface area contributed by atoms with Crippen molar-refractivity contribution >= 4 is 6.08 Å². The number of rotatable bonds is 5. The van der Waals surface area contributed by atoms with Crippen LogP contribution < -0.4 is 0 Å². The Bertz CT molecular complexity index is 788. The average molecular weight is 429 g/mol. The highest BCUT2D eigenvalue weighted by atomic mass is 16.7. The first-order chi connectivity index (χ1) is 15.1. The van der Waals surface area contributed by atoms with Gasteiger partial charge in [-0.15, -0.1) is 0 Å². The second-order valence-corrected chi connectivity index (χ2v) is 8.70. The van der Waals surface area contributed by atoms with E-state index in [1.165, 1.54) is 12.8 Å². The van der Waals surface area contributed by atoms with Crippen molar-refractivity contribution < 1.29 is 29.9 Å². The van der Waals surface area contributed by atoms with Gasteiger partial charge in [0.05, 0.1) is 13.2 Å². The molecule has 4 N–H and O–H groups in total. The van der Waals surface area contributed by atoms with Crippen LogP contribution in [0.3, 0.4) is 0 Å². The van der Waals surface area contributed by atoms with Crippen molar-refractivity contribution in [3.63, 3.8) is 0 Å². The number of aliphatic hydroxyl groups is 4. The molecule has 1 saturated carbocycles. The lowest BCUT2D eigenvalue weighted by Gasteiger charge is -2.39. The van der Waals surface area contributed by atoms with Gasteiger partial charge >= 0.3 is 0 Å². The van der Waals surface area contributed by atoms with Crippen molar-refractivity contribution in [1.29, 1.82) is 0 Å². The Morgan fingerprint density at radius 1 is 0.968 bits per heavy atom. The predicted molar refractivity (Wildman–Crippen MR) is 117 cm³/mol. The summed E-state index contributed by atoms with van der Waals surface area (Å²) in [5.74, 6) is 3.82. The summed E-state index contributed by atoms with van der Waals surface area (Å²) in [5, 5.41) is 38.1. The normalized spacial score (nSPS) is 40.2. The van der Waals surface area contributed by atoms with E-state index in [1.54, 1.807) is 6.08 Å². The van der Waals surface area contributed by atoms with Crippen LogP contribution in [0.2, 0.25) is 0 Å². The van der Waals surface area contributed by atoms with Crippen molar-refractivity contribution in [3.05, 3.63) is 66.3 Å². The maximum Gasteiger partial charge on any atom is 0.187 e. The lowest BCUT2D eigenvalue weighted by atomic mass is 9.86. The zero-order chi connectivity index (χ0) is 21.8. The summed E-state index contributed by atoms with van der Waals surface area (Å²) in [7, 11) is 0. The standard InChI is InChI=1S/C15H20O6.C10H12/c16-9-11-12(17)13(18)14(19)15(21-11)20-8-4-7-10-5-2-1-3-6-10;1-2-9-7-4-5-8(6-7)10(9)3-1/h1-7,11-19H,8-9H2;1-2,4-5,7-10H,3,6H2/b7-4+;/t11-,12-,13+,14-,15-;/m1./s1. The number of ether oxygens (including phenoxy) is 2. The van der Waals surface area contributed by atoms with Gasteiger partial charge in [-0.25, -0.2) is 0 Å². The van der Waals surface area contributed by atoms with Crippen LogP contribution in [-0.2, 0) is 9.47 Å². The van der Waals surface area contributed by atoms with Gasteiger partial charge in [0.1, 0.15) is 24.4 Å². The van der Waals surface area contributed by atoms with Gasteiger partial charge in [0, 0.05) is 0 Å². The van der Waals surface area contributed by atoms with E-state index >= 15 is 0 Å². The number of fused-ring (bicyclic) bond motifs is 5. The zero-order valence-corrected chi connectivity index (χ0v) is 17.5. The molecule has 1 heterocycles. The highest BCUT2D eigenvalue weighted by Crippen LogP contribution is 2.52. The second-order valence-electron chi connectivity index (χ2n) is 8.70. The predicted octanol–water partition coefficient (Wildman–Crippen LogP) is 1.90. The van der Waals surface area contributed by atoms with Crippen molar-refractivity contribution in [2.24, 2.45) is 23.7 Å². The summed E-state index contributed by atoms with van der Waals surface area (Å²) in [6.07, 6.45) is 9.90.